The molecule has 0 spiro atoms. The number of aromatic carboxylic acids is 1. The zero-order chi connectivity index (χ0) is 15.9. The lowest BCUT2D eigenvalue weighted by atomic mass is 10.1. The van der Waals surface area contributed by atoms with Crippen LogP contribution in [0.2, 0.25) is 0 Å². The lowest BCUT2D eigenvalue weighted by Crippen LogP contribution is -1.97. The molecule has 112 valence electrons. The summed E-state index contributed by atoms with van der Waals surface area (Å²) in [6.45, 7) is 2.08. The number of aliphatic imine (C=N–C) groups is 1. The molecule has 0 aromatic heterocycles. The summed E-state index contributed by atoms with van der Waals surface area (Å²) in [6.07, 6.45) is 2.51. The molecule has 2 N–H and O–H groups in total. The lowest BCUT2D eigenvalue weighted by Gasteiger charge is -2.06. The standard InChI is InChI=1S/C17H17N3O2/c1-2-12-6-8-13(9-7-12)16(20-18)11-19-15-5-3-4-14(10-15)17(21)22/h3-11,16,18H,2H2,1H3,(H,21,22). The van der Waals surface area contributed by atoms with Crippen molar-refractivity contribution in [2.45, 2.75) is 19.4 Å². The first-order valence-corrected chi connectivity index (χ1v) is 6.97. The monoisotopic (exact) mass is 295 g/mol. The van der Waals surface area contributed by atoms with Gasteiger partial charge in [-0.15, -0.1) is 0 Å². The summed E-state index contributed by atoms with van der Waals surface area (Å²) in [7, 11) is 0. The maximum atomic E-state index is 10.9. The van der Waals surface area contributed by atoms with Crippen LogP contribution in [0.5, 0.6) is 0 Å². The highest BCUT2D eigenvalue weighted by atomic mass is 16.4. The Labute approximate surface area is 128 Å². The molecule has 0 saturated carbocycles. The Bertz CT molecular complexity index is 693. The summed E-state index contributed by atoms with van der Waals surface area (Å²) >= 11 is 0. The van der Waals surface area contributed by atoms with Crippen molar-refractivity contribution in [1.82, 2.24) is 0 Å². The average molecular weight is 295 g/mol. The SMILES string of the molecule is CCc1ccc(C(C=Nc2cccc(C(=O)O)c2)N=N)cc1. The van der Waals surface area contributed by atoms with E-state index in [4.69, 9.17) is 10.6 Å². The Morgan fingerprint density at radius 2 is 2.00 bits per heavy atom. The van der Waals surface area contributed by atoms with E-state index in [1.165, 1.54) is 17.7 Å². The van der Waals surface area contributed by atoms with Crippen molar-refractivity contribution in [3.8, 4) is 0 Å². The van der Waals surface area contributed by atoms with Gasteiger partial charge < -0.3 is 5.11 Å². The highest BCUT2D eigenvalue weighted by Gasteiger charge is 2.07. The third-order valence-corrected chi connectivity index (χ3v) is 3.33. The molecule has 5 heteroatoms. The van der Waals surface area contributed by atoms with Crippen molar-refractivity contribution in [2.24, 2.45) is 10.1 Å². The summed E-state index contributed by atoms with van der Waals surface area (Å²) in [5.41, 5.74) is 10.1. The molecule has 0 amide bonds. The summed E-state index contributed by atoms with van der Waals surface area (Å²) in [5, 5.41) is 12.5. The van der Waals surface area contributed by atoms with Gasteiger partial charge in [-0.25, -0.2) is 10.3 Å². The molecule has 2 aromatic carbocycles. The smallest absolute Gasteiger partial charge is 0.335 e. The number of carboxylic acid groups (broad SMARTS) is 1. The number of nitrogens with one attached hydrogen (secondary N) is 1. The molecule has 0 heterocycles. The van der Waals surface area contributed by atoms with Gasteiger partial charge in [0.25, 0.3) is 0 Å². The topological polar surface area (TPSA) is 85.9 Å². The molecule has 2 aromatic rings. The van der Waals surface area contributed by atoms with Crippen molar-refractivity contribution in [2.75, 3.05) is 0 Å². The predicted octanol–water partition coefficient (Wildman–Crippen LogP) is 4.42. The summed E-state index contributed by atoms with van der Waals surface area (Å²) in [5.74, 6) is -0.992. The molecule has 1 unspecified atom stereocenters. The normalized spacial score (nSPS) is 12.2. The Balaban J connectivity index is 2.20. The fourth-order valence-electron chi connectivity index (χ4n) is 2.02. The van der Waals surface area contributed by atoms with Gasteiger partial charge in [0.15, 0.2) is 0 Å². The van der Waals surface area contributed by atoms with E-state index in [-0.39, 0.29) is 5.56 Å². The van der Waals surface area contributed by atoms with E-state index in [2.05, 4.69) is 17.0 Å². The number of benzene rings is 2. The van der Waals surface area contributed by atoms with E-state index >= 15 is 0 Å². The molecular weight excluding hydrogens is 278 g/mol. The van der Waals surface area contributed by atoms with Crippen LogP contribution in [0.3, 0.4) is 0 Å². The number of hydrogen-bond acceptors (Lipinski definition) is 4. The second-order valence-corrected chi connectivity index (χ2v) is 4.80. The zero-order valence-electron chi connectivity index (χ0n) is 12.2. The van der Waals surface area contributed by atoms with Crippen molar-refractivity contribution >= 4 is 17.9 Å². The van der Waals surface area contributed by atoms with E-state index in [0.717, 1.165) is 12.0 Å². The molecule has 1 atom stereocenters. The Kier molecular flexibility index (Phi) is 5.14. The molecule has 0 aliphatic rings. The Morgan fingerprint density at radius 1 is 1.27 bits per heavy atom. The second kappa shape index (κ2) is 7.26. The largest absolute Gasteiger partial charge is 0.478 e. The molecule has 0 aliphatic carbocycles. The molecule has 0 fully saturated rings. The van der Waals surface area contributed by atoms with Gasteiger partial charge in [0, 0.05) is 6.21 Å². The number of hydrogen-bond donors (Lipinski definition) is 2. The zero-order valence-corrected chi connectivity index (χ0v) is 12.2. The van der Waals surface area contributed by atoms with E-state index in [1.807, 2.05) is 24.3 Å². The minimum absolute atomic E-state index is 0.182. The molecule has 0 radical (unpaired) electrons. The van der Waals surface area contributed by atoms with Crippen molar-refractivity contribution < 1.29 is 9.90 Å². The first-order valence-electron chi connectivity index (χ1n) is 6.97. The van der Waals surface area contributed by atoms with Gasteiger partial charge in [0.1, 0.15) is 6.04 Å². The van der Waals surface area contributed by atoms with Crippen LogP contribution in [0.25, 0.3) is 0 Å². The van der Waals surface area contributed by atoms with E-state index in [1.54, 1.807) is 18.3 Å². The van der Waals surface area contributed by atoms with E-state index < -0.39 is 12.0 Å². The lowest BCUT2D eigenvalue weighted by molar-refractivity contribution is 0.0697. The number of carboxylic acids is 1. The molecule has 0 bridgehead atoms. The molecule has 0 aliphatic heterocycles. The van der Waals surface area contributed by atoms with Crippen LogP contribution in [0.1, 0.15) is 34.5 Å². The van der Waals surface area contributed by atoms with Crippen molar-refractivity contribution in [3.63, 3.8) is 0 Å². The number of aryl methyl sites for hydroxylation is 1. The molecule has 0 saturated heterocycles. The minimum Gasteiger partial charge on any atom is -0.478 e. The van der Waals surface area contributed by atoms with Crippen LogP contribution >= 0.6 is 0 Å². The van der Waals surface area contributed by atoms with Crippen LogP contribution in [0, 0.1) is 5.53 Å². The molecule has 22 heavy (non-hydrogen) atoms. The van der Waals surface area contributed by atoms with Gasteiger partial charge in [-0.05, 0) is 35.7 Å². The molecule has 2 rings (SSSR count). The maximum absolute atomic E-state index is 10.9. The van der Waals surface area contributed by atoms with Crippen LogP contribution in [-0.4, -0.2) is 17.3 Å². The summed E-state index contributed by atoms with van der Waals surface area (Å²) in [6, 6.07) is 13.8. The van der Waals surface area contributed by atoms with Crippen molar-refractivity contribution in [3.05, 3.63) is 65.2 Å². The number of rotatable bonds is 6. The summed E-state index contributed by atoms with van der Waals surface area (Å²) in [4.78, 5) is 15.2. The van der Waals surface area contributed by atoms with Crippen LogP contribution in [0.15, 0.2) is 58.6 Å². The van der Waals surface area contributed by atoms with E-state index in [0.29, 0.717) is 5.69 Å². The van der Waals surface area contributed by atoms with Gasteiger partial charge in [0.2, 0.25) is 0 Å². The first-order chi connectivity index (χ1) is 10.6. The Morgan fingerprint density at radius 3 is 2.59 bits per heavy atom. The third kappa shape index (κ3) is 3.85. The third-order valence-electron chi connectivity index (χ3n) is 3.33. The highest BCUT2D eigenvalue weighted by molar-refractivity contribution is 5.88. The van der Waals surface area contributed by atoms with Crippen LogP contribution in [-0.2, 0) is 6.42 Å². The quantitative estimate of drug-likeness (QED) is 0.610. The number of carbonyl (C=O) groups is 1. The number of nitrogens with zero attached hydrogens (tertiary/aromatic N) is 2. The van der Waals surface area contributed by atoms with Gasteiger partial charge in [-0.1, -0.05) is 37.3 Å². The average Bonchev–Trinajstić information content (AvgIpc) is 2.56. The van der Waals surface area contributed by atoms with Gasteiger partial charge >= 0.3 is 5.97 Å². The van der Waals surface area contributed by atoms with Crippen molar-refractivity contribution in [1.29, 1.82) is 5.53 Å². The fraction of sp³-hybridized carbons (Fsp3) is 0.176. The first kappa shape index (κ1) is 15.6. The maximum Gasteiger partial charge on any atom is 0.335 e. The highest BCUT2D eigenvalue weighted by Crippen LogP contribution is 2.19. The van der Waals surface area contributed by atoms with E-state index in [9.17, 15) is 4.79 Å². The van der Waals surface area contributed by atoms with Crippen LogP contribution < -0.4 is 0 Å². The summed E-state index contributed by atoms with van der Waals surface area (Å²) < 4.78 is 0. The molecular formula is C17H17N3O2. The predicted molar refractivity (Wildman–Crippen MR) is 85.3 cm³/mol. The second-order valence-electron chi connectivity index (χ2n) is 4.80. The van der Waals surface area contributed by atoms with Gasteiger partial charge in [-0.2, -0.15) is 5.11 Å². The Hall–Kier alpha value is -2.82. The minimum atomic E-state index is -0.992. The van der Waals surface area contributed by atoms with Gasteiger partial charge in [0.05, 0.1) is 11.3 Å². The van der Waals surface area contributed by atoms with Gasteiger partial charge in [-0.3, -0.25) is 4.99 Å². The molecule has 5 nitrogen and oxygen atoms in total. The van der Waals surface area contributed by atoms with Crippen LogP contribution in [0.4, 0.5) is 5.69 Å². The fourth-order valence-corrected chi connectivity index (χ4v) is 2.02.